The van der Waals surface area contributed by atoms with Gasteiger partial charge in [0, 0.05) is 0 Å². The molecule has 0 aliphatic carbocycles. The molecule has 0 amide bonds. The van der Waals surface area contributed by atoms with Crippen LogP contribution in [0.1, 0.15) is 30.9 Å². The second-order valence-electron chi connectivity index (χ2n) is 5.85. The van der Waals surface area contributed by atoms with Gasteiger partial charge in [-0.05, 0) is 30.7 Å². The third kappa shape index (κ3) is 2.24. The van der Waals surface area contributed by atoms with Crippen LogP contribution in [0.2, 0.25) is 0 Å². The lowest BCUT2D eigenvalue weighted by molar-refractivity contribution is -0.945. The number of benzene rings is 1. The molecule has 0 saturated carbocycles. The Labute approximate surface area is 103 Å². The first-order valence-electron chi connectivity index (χ1n) is 6.86. The van der Waals surface area contributed by atoms with Crippen molar-refractivity contribution in [3.05, 3.63) is 35.9 Å². The van der Waals surface area contributed by atoms with Gasteiger partial charge in [0.05, 0.1) is 19.6 Å². The number of rotatable bonds is 3. The standard InChI is InChI=1S/C15H22NO/c17-15(14-4-2-1-3-5-14)12-16-9-6-13(7-10-16)8-11-16/h1-5,13,15,17H,6-12H2/q+1. The summed E-state index contributed by atoms with van der Waals surface area (Å²) in [5.74, 6) is 0.990. The summed E-state index contributed by atoms with van der Waals surface area (Å²) in [7, 11) is 0. The van der Waals surface area contributed by atoms with Gasteiger partial charge in [-0.3, -0.25) is 0 Å². The quantitative estimate of drug-likeness (QED) is 0.793. The molecule has 92 valence electrons. The molecular formula is C15H22NO+. The van der Waals surface area contributed by atoms with Crippen molar-refractivity contribution < 1.29 is 9.59 Å². The monoisotopic (exact) mass is 232 g/mol. The molecule has 1 unspecified atom stereocenters. The van der Waals surface area contributed by atoms with Crippen LogP contribution in [0.5, 0.6) is 0 Å². The van der Waals surface area contributed by atoms with Gasteiger partial charge in [-0.15, -0.1) is 0 Å². The first-order chi connectivity index (χ1) is 8.27. The van der Waals surface area contributed by atoms with E-state index in [-0.39, 0.29) is 6.10 Å². The smallest absolute Gasteiger partial charge is 0.128 e. The number of quaternary nitrogens is 1. The molecule has 2 heteroatoms. The third-order valence-corrected chi connectivity index (χ3v) is 4.78. The van der Waals surface area contributed by atoms with Crippen LogP contribution in [0.4, 0.5) is 0 Å². The number of fused-ring (bicyclic) bond motifs is 3. The number of aliphatic hydroxyl groups excluding tert-OH is 1. The minimum atomic E-state index is -0.286. The van der Waals surface area contributed by atoms with Crippen LogP contribution in [-0.2, 0) is 0 Å². The Morgan fingerprint density at radius 2 is 1.65 bits per heavy atom. The van der Waals surface area contributed by atoms with Crippen molar-refractivity contribution >= 4 is 0 Å². The van der Waals surface area contributed by atoms with Crippen molar-refractivity contribution in [3.63, 3.8) is 0 Å². The van der Waals surface area contributed by atoms with Gasteiger partial charge in [-0.25, -0.2) is 0 Å². The van der Waals surface area contributed by atoms with E-state index in [4.69, 9.17) is 0 Å². The topological polar surface area (TPSA) is 20.2 Å². The van der Waals surface area contributed by atoms with Gasteiger partial charge in [-0.2, -0.15) is 0 Å². The first-order valence-corrected chi connectivity index (χ1v) is 6.86. The first kappa shape index (κ1) is 11.2. The summed E-state index contributed by atoms with van der Waals surface area (Å²) < 4.78 is 1.16. The highest BCUT2D eigenvalue weighted by molar-refractivity contribution is 5.17. The van der Waals surface area contributed by atoms with E-state index in [1.807, 2.05) is 30.3 Å². The van der Waals surface area contributed by atoms with Crippen molar-refractivity contribution in [2.45, 2.75) is 25.4 Å². The molecule has 0 radical (unpaired) electrons. The Balaban J connectivity index is 1.70. The Bertz CT molecular complexity index is 354. The summed E-state index contributed by atoms with van der Waals surface area (Å²) in [4.78, 5) is 0. The Morgan fingerprint density at radius 3 is 2.24 bits per heavy atom. The lowest BCUT2D eigenvalue weighted by Crippen LogP contribution is -2.59. The summed E-state index contributed by atoms with van der Waals surface area (Å²) in [6.07, 6.45) is 3.84. The highest BCUT2D eigenvalue weighted by Gasteiger charge is 2.40. The second-order valence-corrected chi connectivity index (χ2v) is 5.85. The van der Waals surface area contributed by atoms with Crippen LogP contribution >= 0.6 is 0 Å². The van der Waals surface area contributed by atoms with Gasteiger partial charge < -0.3 is 9.59 Å². The summed E-state index contributed by atoms with van der Waals surface area (Å²) in [5.41, 5.74) is 1.08. The molecule has 2 bridgehead atoms. The molecule has 1 N–H and O–H groups in total. The molecule has 3 heterocycles. The van der Waals surface area contributed by atoms with E-state index in [0.29, 0.717) is 0 Å². The lowest BCUT2D eigenvalue weighted by Gasteiger charge is -2.49. The van der Waals surface area contributed by atoms with Crippen LogP contribution in [0, 0.1) is 5.92 Å². The minimum absolute atomic E-state index is 0.286. The van der Waals surface area contributed by atoms with E-state index in [1.165, 1.54) is 38.9 Å². The third-order valence-electron chi connectivity index (χ3n) is 4.78. The van der Waals surface area contributed by atoms with Gasteiger partial charge in [-0.1, -0.05) is 30.3 Å². The number of nitrogens with zero attached hydrogens (tertiary/aromatic N) is 1. The van der Waals surface area contributed by atoms with Crippen LogP contribution in [0.25, 0.3) is 0 Å². The molecule has 1 atom stereocenters. The van der Waals surface area contributed by atoms with E-state index < -0.39 is 0 Å². The highest BCUT2D eigenvalue weighted by atomic mass is 16.3. The number of aliphatic hydroxyl groups is 1. The Kier molecular flexibility index (Phi) is 2.93. The zero-order valence-corrected chi connectivity index (χ0v) is 10.4. The zero-order chi connectivity index (χ0) is 11.7. The molecule has 4 rings (SSSR count). The van der Waals surface area contributed by atoms with Crippen LogP contribution in [0.3, 0.4) is 0 Å². The fraction of sp³-hybridized carbons (Fsp3) is 0.600. The van der Waals surface area contributed by atoms with Crippen molar-refractivity contribution in [3.8, 4) is 0 Å². The molecule has 2 nitrogen and oxygen atoms in total. The van der Waals surface area contributed by atoms with E-state index >= 15 is 0 Å². The summed E-state index contributed by atoms with van der Waals surface area (Å²) >= 11 is 0. The highest BCUT2D eigenvalue weighted by Crippen LogP contribution is 2.35. The van der Waals surface area contributed by atoms with E-state index in [0.717, 1.165) is 22.5 Å². The molecule has 1 aromatic carbocycles. The number of hydrogen-bond acceptors (Lipinski definition) is 1. The van der Waals surface area contributed by atoms with Crippen molar-refractivity contribution in [1.82, 2.24) is 0 Å². The minimum Gasteiger partial charge on any atom is -0.382 e. The molecule has 1 aromatic rings. The van der Waals surface area contributed by atoms with Crippen LogP contribution < -0.4 is 0 Å². The van der Waals surface area contributed by atoms with Gasteiger partial charge in [0.2, 0.25) is 0 Å². The van der Waals surface area contributed by atoms with E-state index in [1.54, 1.807) is 0 Å². The summed E-state index contributed by atoms with van der Waals surface area (Å²) in [6.45, 7) is 4.77. The largest absolute Gasteiger partial charge is 0.382 e. The maximum atomic E-state index is 10.4. The van der Waals surface area contributed by atoms with Gasteiger partial charge >= 0.3 is 0 Å². The lowest BCUT2D eigenvalue weighted by atomic mass is 9.85. The van der Waals surface area contributed by atoms with Crippen molar-refractivity contribution in [1.29, 1.82) is 0 Å². The predicted octanol–water partition coefficient (Wildman–Crippen LogP) is 2.35. The predicted molar refractivity (Wildman–Crippen MR) is 68.5 cm³/mol. The van der Waals surface area contributed by atoms with Gasteiger partial charge in [0.15, 0.2) is 0 Å². The van der Waals surface area contributed by atoms with Crippen LogP contribution in [0.15, 0.2) is 30.3 Å². The molecule has 3 saturated heterocycles. The summed E-state index contributed by atoms with van der Waals surface area (Å²) in [5, 5.41) is 10.4. The second kappa shape index (κ2) is 4.43. The molecule has 3 aliphatic heterocycles. The molecule has 3 fully saturated rings. The average Bonchev–Trinajstić information content (AvgIpc) is 2.41. The van der Waals surface area contributed by atoms with Crippen molar-refractivity contribution in [2.24, 2.45) is 5.92 Å². The average molecular weight is 232 g/mol. The number of hydrogen-bond donors (Lipinski definition) is 1. The fourth-order valence-electron chi connectivity index (χ4n) is 3.56. The molecule has 17 heavy (non-hydrogen) atoms. The molecule has 0 aromatic heterocycles. The molecular weight excluding hydrogens is 210 g/mol. The number of piperidine rings is 3. The summed E-state index contributed by atoms with van der Waals surface area (Å²) in [6, 6.07) is 10.1. The van der Waals surface area contributed by atoms with E-state index in [9.17, 15) is 5.11 Å². The maximum absolute atomic E-state index is 10.4. The Hall–Kier alpha value is -0.860. The van der Waals surface area contributed by atoms with Gasteiger partial charge in [0.1, 0.15) is 12.6 Å². The van der Waals surface area contributed by atoms with Crippen LogP contribution in [-0.4, -0.2) is 35.8 Å². The maximum Gasteiger partial charge on any atom is 0.128 e. The zero-order valence-electron chi connectivity index (χ0n) is 10.4. The molecule has 0 spiro atoms. The molecule has 3 aliphatic rings. The Morgan fingerprint density at radius 1 is 1.06 bits per heavy atom. The normalized spacial score (nSPS) is 33.6. The van der Waals surface area contributed by atoms with E-state index in [2.05, 4.69) is 0 Å². The van der Waals surface area contributed by atoms with Crippen molar-refractivity contribution in [2.75, 3.05) is 26.2 Å². The fourth-order valence-corrected chi connectivity index (χ4v) is 3.56. The SMILES string of the molecule is OC(C[N+]12CCC(CC1)CC2)c1ccccc1. The van der Waals surface area contributed by atoms with Gasteiger partial charge in [0.25, 0.3) is 0 Å².